The van der Waals surface area contributed by atoms with Crippen molar-refractivity contribution in [2.24, 2.45) is 5.41 Å². The number of hydrogen-bond donors (Lipinski definition) is 2. The number of aromatic hydroxyl groups is 1. The minimum absolute atomic E-state index is 0.0180. The summed E-state index contributed by atoms with van der Waals surface area (Å²) in [7, 11) is 0. The lowest BCUT2D eigenvalue weighted by atomic mass is 9.69. The van der Waals surface area contributed by atoms with Crippen LogP contribution in [0.15, 0.2) is 47.1 Å². The molecule has 0 bridgehead atoms. The first-order valence-electron chi connectivity index (χ1n) is 8.39. The second-order valence-corrected chi connectivity index (χ2v) is 7.35. The molecule has 1 aliphatic carbocycles. The van der Waals surface area contributed by atoms with Gasteiger partial charge in [-0.25, -0.2) is 9.18 Å². The van der Waals surface area contributed by atoms with Crippen LogP contribution in [0.5, 0.6) is 5.75 Å². The Kier molecular flexibility index (Phi) is 5.21. The molecule has 0 saturated heterocycles. The van der Waals surface area contributed by atoms with Gasteiger partial charge in [-0.1, -0.05) is 26.0 Å². The topological polar surface area (TPSA) is 57.5 Å². The fourth-order valence-corrected chi connectivity index (χ4v) is 3.66. The van der Waals surface area contributed by atoms with E-state index >= 15 is 0 Å². The number of phenols is 1. The van der Waals surface area contributed by atoms with Gasteiger partial charge in [-0.2, -0.15) is 0 Å². The van der Waals surface area contributed by atoms with Crippen molar-refractivity contribution in [3.05, 3.63) is 58.2 Å². The van der Waals surface area contributed by atoms with Crippen LogP contribution in [0.3, 0.4) is 0 Å². The van der Waals surface area contributed by atoms with Crippen molar-refractivity contribution < 1.29 is 19.4 Å². The normalized spacial score (nSPS) is 18.0. The van der Waals surface area contributed by atoms with E-state index in [1.165, 1.54) is 17.7 Å². The molecule has 25 heavy (non-hydrogen) atoms. The molecule has 0 fully saturated rings. The van der Waals surface area contributed by atoms with Gasteiger partial charge in [0.2, 0.25) is 0 Å². The Labute approximate surface area is 148 Å². The second kappa shape index (κ2) is 6.87. The summed E-state index contributed by atoms with van der Waals surface area (Å²) in [4.78, 5) is 11.0. The molecule has 0 atom stereocenters. The molecule has 0 amide bonds. The molecule has 1 aromatic carbocycles. The zero-order chi connectivity index (χ0) is 18.9. The number of carboxylic acid groups (broad SMARTS) is 1. The molecule has 0 heterocycles. The van der Waals surface area contributed by atoms with Crippen molar-refractivity contribution in [1.82, 2.24) is 0 Å². The molecule has 2 rings (SSSR count). The maximum Gasteiger partial charge on any atom is 0.335 e. The molecule has 0 aromatic heterocycles. The molecule has 0 radical (unpaired) electrons. The number of carbonyl (C=O) groups is 1. The summed E-state index contributed by atoms with van der Waals surface area (Å²) in [6.45, 7) is 12.1. The van der Waals surface area contributed by atoms with Gasteiger partial charge in [0.15, 0.2) is 0 Å². The molecule has 1 aliphatic rings. The Morgan fingerprint density at radius 3 is 2.48 bits per heavy atom. The van der Waals surface area contributed by atoms with Gasteiger partial charge >= 0.3 is 5.97 Å². The Hall–Kier alpha value is -2.36. The number of benzene rings is 1. The zero-order valence-electron chi connectivity index (χ0n) is 15.2. The van der Waals surface area contributed by atoms with Crippen LogP contribution in [0.2, 0.25) is 0 Å². The minimum Gasteiger partial charge on any atom is -0.507 e. The predicted octanol–water partition coefficient (Wildman–Crippen LogP) is 5.87. The van der Waals surface area contributed by atoms with Crippen LogP contribution in [0.25, 0.3) is 5.83 Å². The van der Waals surface area contributed by atoms with E-state index in [2.05, 4.69) is 27.4 Å². The number of hydrogen-bond acceptors (Lipinski definition) is 2. The van der Waals surface area contributed by atoms with E-state index in [9.17, 15) is 14.3 Å². The van der Waals surface area contributed by atoms with E-state index in [1.54, 1.807) is 6.92 Å². The standard InChI is InChI=1S/C21H25FO3/c1-12-7-6-10-21(4,5)18(12)13(2)14(3)19(22)16-9-8-15(20(24)25)11-17(16)23/h8-9,11,23H,2,6-7,10H2,1,3-5H3,(H,24,25)/b19-14-. The van der Waals surface area contributed by atoms with Crippen molar-refractivity contribution in [1.29, 1.82) is 0 Å². The summed E-state index contributed by atoms with van der Waals surface area (Å²) in [5.74, 6) is -2.14. The molecule has 0 saturated carbocycles. The average molecular weight is 344 g/mol. The second-order valence-electron chi connectivity index (χ2n) is 7.35. The Bertz CT molecular complexity index is 797. The first-order valence-corrected chi connectivity index (χ1v) is 8.39. The molecule has 0 aliphatic heterocycles. The summed E-state index contributed by atoms with van der Waals surface area (Å²) >= 11 is 0. The van der Waals surface area contributed by atoms with Gasteiger partial charge in [0.05, 0.1) is 11.1 Å². The van der Waals surface area contributed by atoms with Gasteiger partial charge in [0, 0.05) is 0 Å². The van der Waals surface area contributed by atoms with Crippen LogP contribution in [-0.2, 0) is 0 Å². The number of phenolic OH excluding ortho intramolecular Hbond substituents is 1. The molecule has 4 heteroatoms. The van der Waals surface area contributed by atoms with E-state index < -0.39 is 17.5 Å². The summed E-state index contributed by atoms with van der Waals surface area (Å²) in [6, 6.07) is 3.63. The average Bonchev–Trinajstić information content (AvgIpc) is 2.52. The maximum absolute atomic E-state index is 15.0. The fourth-order valence-electron chi connectivity index (χ4n) is 3.66. The largest absolute Gasteiger partial charge is 0.507 e. The van der Waals surface area contributed by atoms with Crippen LogP contribution in [0, 0.1) is 5.41 Å². The van der Waals surface area contributed by atoms with Crippen LogP contribution in [0.1, 0.15) is 62.9 Å². The van der Waals surface area contributed by atoms with Gasteiger partial charge < -0.3 is 10.2 Å². The smallest absolute Gasteiger partial charge is 0.335 e. The predicted molar refractivity (Wildman–Crippen MR) is 98.2 cm³/mol. The summed E-state index contributed by atoms with van der Waals surface area (Å²) < 4.78 is 15.0. The van der Waals surface area contributed by atoms with E-state index in [-0.39, 0.29) is 16.5 Å². The third-order valence-electron chi connectivity index (χ3n) is 5.02. The van der Waals surface area contributed by atoms with Crippen molar-refractivity contribution >= 4 is 11.8 Å². The third-order valence-corrected chi connectivity index (χ3v) is 5.02. The molecule has 134 valence electrons. The van der Waals surface area contributed by atoms with Gasteiger partial charge in [-0.15, -0.1) is 0 Å². The van der Waals surface area contributed by atoms with Crippen LogP contribution in [0.4, 0.5) is 4.39 Å². The number of allylic oxidation sites excluding steroid dienone is 4. The number of carboxylic acids is 1. The highest BCUT2D eigenvalue weighted by Crippen LogP contribution is 2.46. The van der Waals surface area contributed by atoms with Crippen LogP contribution < -0.4 is 0 Å². The molecule has 1 aromatic rings. The van der Waals surface area contributed by atoms with Crippen molar-refractivity contribution in [2.75, 3.05) is 0 Å². The quantitative estimate of drug-likeness (QED) is 0.671. The van der Waals surface area contributed by atoms with E-state index in [0.717, 1.165) is 30.9 Å². The van der Waals surface area contributed by atoms with Gasteiger partial charge in [0.25, 0.3) is 0 Å². The zero-order valence-corrected chi connectivity index (χ0v) is 15.2. The Morgan fingerprint density at radius 2 is 1.96 bits per heavy atom. The number of rotatable bonds is 4. The first kappa shape index (κ1) is 19.0. The molecule has 2 N–H and O–H groups in total. The molecule has 0 unspecified atom stereocenters. The van der Waals surface area contributed by atoms with Gasteiger partial charge in [-0.3, -0.25) is 0 Å². The van der Waals surface area contributed by atoms with E-state index in [0.29, 0.717) is 11.1 Å². The third kappa shape index (κ3) is 3.68. The molecule has 3 nitrogen and oxygen atoms in total. The van der Waals surface area contributed by atoms with Crippen molar-refractivity contribution in [2.45, 2.75) is 47.0 Å². The summed E-state index contributed by atoms with van der Waals surface area (Å²) in [5, 5.41) is 19.0. The van der Waals surface area contributed by atoms with Crippen LogP contribution >= 0.6 is 0 Å². The minimum atomic E-state index is -1.17. The Balaban J connectivity index is 2.49. The fraction of sp³-hybridized carbons (Fsp3) is 0.381. The van der Waals surface area contributed by atoms with Crippen molar-refractivity contribution in [3.63, 3.8) is 0 Å². The van der Waals surface area contributed by atoms with Gasteiger partial charge in [-0.05, 0) is 73.4 Å². The SMILES string of the molecule is C=C(C1=C(C)CCCC1(C)C)/C(C)=C(\F)c1ccc(C(=O)O)cc1O. The number of halogens is 1. The first-order chi connectivity index (χ1) is 11.6. The van der Waals surface area contributed by atoms with Crippen LogP contribution in [-0.4, -0.2) is 16.2 Å². The molecule has 0 spiro atoms. The highest BCUT2D eigenvalue weighted by Gasteiger charge is 2.31. The Morgan fingerprint density at radius 1 is 1.32 bits per heavy atom. The molecular weight excluding hydrogens is 319 g/mol. The highest BCUT2D eigenvalue weighted by atomic mass is 19.1. The lowest BCUT2D eigenvalue weighted by molar-refractivity contribution is 0.0696. The highest BCUT2D eigenvalue weighted by molar-refractivity contribution is 5.89. The van der Waals surface area contributed by atoms with E-state index in [4.69, 9.17) is 5.11 Å². The van der Waals surface area contributed by atoms with Gasteiger partial charge in [0.1, 0.15) is 11.6 Å². The van der Waals surface area contributed by atoms with Crippen molar-refractivity contribution in [3.8, 4) is 5.75 Å². The lowest BCUT2D eigenvalue weighted by Crippen LogP contribution is -2.22. The lowest BCUT2D eigenvalue weighted by Gasteiger charge is -2.36. The van der Waals surface area contributed by atoms with E-state index in [1.807, 2.05) is 0 Å². The molecular formula is C21H25FO3. The number of aromatic carboxylic acids is 1. The summed E-state index contributed by atoms with van der Waals surface area (Å²) in [5.41, 5.74) is 3.12. The summed E-state index contributed by atoms with van der Waals surface area (Å²) in [6.07, 6.45) is 3.11. The monoisotopic (exact) mass is 344 g/mol. The maximum atomic E-state index is 15.0.